The Bertz CT molecular complexity index is 709. The predicted molar refractivity (Wildman–Crippen MR) is 115 cm³/mol. The van der Waals surface area contributed by atoms with Crippen LogP contribution < -0.4 is 0 Å². The average molecular weight is 437 g/mol. The van der Waals surface area contributed by atoms with Gasteiger partial charge in [0, 0.05) is 0 Å². The fourth-order valence-corrected chi connectivity index (χ4v) is 9.00. The number of hydrogen-bond donors (Lipinski definition) is 4. The zero-order valence-electron chi connectivity index (χ0n) is 19.2. The van der Waals surface area contributed by atoms with Crippen molar-refractivity contribution in [1.29, 1.82) is 0 Å². The maximum absolute atomic E-state index is 11.5. The second-order valence-electron chi connectivity index (χ2n) is 11.8. The molecule has 0 amide bonds. The Morgan fingerprint density at radius 1 is 0.935 bits per heavy atom. The molecule has 4 unspecified atom stereocenters. The van der Waals surface area contributed by atoms with Gasteiger partial charge in [0.1, 0.15) is 0 Å². The summed E-state index contributed by atoms with van der Waals surface area (Å²) < 4.78 is 0. The molecule has 4 aliphatic carbocycles. The lowest BCUT2D eigenvalue weighted by molar-refractivity contribution is -0.176. The van der Waals surface area contributed by atoms with E-state index in [1.54, 1.807) is 0 Å². The Kier molecular flexibility index (Phi) is 5.96. The summed E-state index contributed by atoms with van der Waals surface area (Å²) in [5.41, 5.74) is -0.0919. The molecule has 4 saturated carbocycles. The summed E-state index contributed by atoms with van der Waals surface area (Å²) in [6.07, 6.45) is 7.35. The highest BCUT2D eigenvalue weighted by Gasteiger charge is 2.63. The molecule has 4 aliphatic rings. The lowest BCUT2D eigenvalue weighted by atomic mass is 9.43. The van der Waals surface area contributed by atoms with Gasteiger partial charge in [-0.25, -0.2) is 0 Å². The first-order chi connectivity index (χ1) is 14.5. The van der Waals surface area contributed by atoms with Gasteiger partial charge in [-0.1, -0.05) is 20.8 Å². The van der Waals surface area contributed by atoms with E-state index in [9.17, 15) is 30.0 Å². The molecule has 0 spiro atoms. The normalized spacial score (nSPS) is 47.9. The highest BCUT2D eigenvalue weighted by Crippen LogP contribution is 2.68. The average Bonchev–Trinajstić information content (AvgIpc) is 3.06. The Hall–Kier alpha value is -1.14. The summed E-state index contributed by atoms with van der Waals surface area (Å²) >= 11 is 0. The number of carbonyl (C=O) groups is 2. The molecule has 31 heavy (non-hydrogen) atoms. The van der Waals surface area contributed by atoms with Crippen LogP contribution in [0.15, 0.2) is 0 Å². The maximum Gasteiger partial charge on any atom is 0.317 e. The standard InChI is InChI=1S/C25H40O6/c1-13(10-17(22(28)29)23(30)31)18-6-7-19-16-5-4-14-11-15(26)8-9-24(14,2)20(16)12-21(27)25(18,19)3/h13-21,26-27H,4-12H2,1-3H3,(H,28,29)(H,30,31)/t13?,14-,15-,16?,18-,19?,20?,21+,24+,25-/m1/s1. The Morgan fingerprint density at radius 3 is 2.26 bits per heavy atom. The fraction of sp³-hybridized carbons (Fsp3) is 0.920. The quantitative estimate of drug-likeness (QED) is 0.488. The summed E-state index contributed by atoms with van der Waals surface area (Å²) in [5.74, 6) is -1.84. The molecule has 4 N–H and O–H groups in total. The van der Waals surface area contributed by atoms with E-state index in [4.69, 9.17) is 0 Å². The van der Waals surface area contributed by atoms with Crippen LogP contribution in [0.1, 0.15) is 78.6 Å². The number of rotatable bonds is 5. The van der Waals surface area contributed by atoms with Gasteiger partial charge in [-0.15, -0.1) is 0 Å². The summed E-state index contributed by atoms with van der Waals surface area (Å²) in [4.78, 5) is 22.9. The van der Waals surface area contributed by atoms with Crippen LogP contribution >= 0.6 is 0 Å². The van der Waals surface area contributed by atoms with Crippen LogP contribution in [0.3, 0.4) is 0 Å². The van der Waals surface area contributed by atoms with E-state index in [0.717, 1.165) is 51.4 Å². The molecule has 0 aromatic heterocycles. The number of hydrogen-bond acceptors (Lipinski definition) is 4. The van der Waals surface area contributed by atoms with E-state index in [-0.39, 0.29) is 35.2 Å². The van der Waals surface area contributed by atoms with Gasteiger partial charge in [0.05, 0.1) is 12.2 Å². The number of aliphatic hydroxyl groups is 2. The van der Waals surface area contributed by atoms with Crippen molar-refractivity contribution in [2.24, 2.45) is 52.3 Å². The first kappa shape index (κ1) is 23.0. The zero-order chi connectivity index (χ0) is 22.7. The summed E-state index contributed by atoms with van der Waals surface area (Å²) in [6, 6.07) is 0. The monoisotopic (exact) mass is 436 g/mol. The predicted octanol–water partition coefficient (Wildman–Crippen LogP) is 3.79. The van der Waals surface area contributed by atoms with Gasteiger partial charge >= 0.3 is 11.9 Å². The molecule has 0 heterocycles. The lowest BCUT2D eigenvalue weighted by Crippen LogP contribution is -2.58. The minimum atomic E-state index is -1.38. The smallest absolute Gasteiger partial charge is 0.317 e. The minimum absolute atomic E-state index is 0.0600. The van der Waals surface area contributed by atoms with Crippen molar-refractivity contribution in [2.75, 3.05) is 0 Å². The molecule has 10 atom stereocenters. The number of aliphatic carboxylic acids is 2. The summed E-state index contributed by atoms with van der Waals surface area (Å²) in [5, 5.41) is 40.4. The van der Waals surface area contributed by atoms with Crippen LogP contribution in [-0.2, 0) is 9.59 Å². The second kappa shape index (κ2) is 8.02. The van der Waals surface area contributed by atoms with Crippen molar-refractivity contribution >= 4 is 11.9 Å². The molecule has 0 radical (unpaired) electrons. The molecule has 0 saturated heterocycles. The van der Waals surface area contributed by atoms with Gasteiger partial charge in [-0.05, 0) is 104 Å². The largest absolute Gasteiger partial charge is 0.481 e. The van der Waals surface area contributed by atoms with E-state index in [0.29, 0.717) is 23.7 Å². The van der Waals surface area contributed by atoms with Crippen LogP contribution in [0, 0.1) is 52.3 Å². The van der Waals surface area contributed by atoms with Crippen LogP contribution in [0.4, 0.5) is 0 Å². The molecular weight excluding hydrogens is 396 g/mol. The molecule has 0 aliphatic heterocycles. The Morgan fingerprint density at radius 2 is 1.61 bits per heavy atom. The van der Waals surface area contributed by atoms with Crippen molar-refractivity contribution in [3.63, 3.8) is 0 Å². The number of carboxylic acid groups (broad SMARTS) is 2. The lowest BCUT2D eigenvalue weighted by Gasteiger charge is -2.62. The summed E-state index contributed by atoms with van der Waals surface area (Å²) in [6.45, 7) is 6.58. The molecule has 176 valence electrons. The molecule has 6 nitrogen and oxygen atoms in total. The van der Waals surface area contributed by atoms with Crippen LogP contribution in [0.2, 0.25) is 0 Å². The molecule has 0 aromatic rings. The fourth-order valence-electron chi connectivity index (χ4n) is 9.00. The van der Waals surface area contributed by atoms with E-state index in [2.05, 4.69) is 13.8 Å². The number of carboxylic acids is 2. The Labute approximate surface area is 185 Å². The molecular formula is C25H40O6. The van der Waals surface area contributed by atoms with Gasteiger partial charge in [0.15, 0.2) is 5.92 Å². The first-order valence-electron chi connectivity index (χ1n) is 12.3. The van der Waals surface area contributed by atoms with Crippen LogP contribution in [0.25, 0.3) is 0 Å². The SMILES string of the molecule is CC(CC(C(=O)O)C(=O)O)[C@H]1CCC2C3CC[C@@H]4C[C@H](O)CC[C@]4(C)C3C[C@H](O)[C@@]21C. The highest BCUT2D eigenvalue weighted by atomic mass is 16.4. The number of aliphatic hydroxyl groups excluding tert-OH is 2. The van der Waals surface area contributed by atoms with Crippen LogP contribution in [0.5, 0.6) is 0 Å². The first-order valence-corrected chi connectivity index (χ1v) is 12.3. The van der Waals surface area contributed by atoms with Crippen molar-refractivity contribution in [3.05, 3.63) is 0 Å². The third kappa shape index (κ3) is 3.52. The van der Waals surface area contributed by atoms with Crippen LogP contribution in [-0.4, -0.2) is 44.6 Å². The van der Waals surface area contributed by atoms with Gasteiger partial charge in [-0.2, -0.15) is 0 Å². The van der Waals surface area contributed by atoms with Crippen molar-refractivity contribution in [1.82, 2.24) is 0 Å². The van der Waals surface area contributed by atoms with E-state index in [1.807, 2.05) is 6.92 Å². The van der Waals surface area contributed by atoms with Gasteiger partial charge in [0.25, 0.3) is 0 Å². The van der Waals surface area contributed by atoms with Gasteiger partial charge < -0.3 is 20.4 Å². The molecule has 0 bridgehead atoms. The van der Waals surface area contributed by atoms with E-state index >= 15 is 0 Å². The maximum atomic E-state index is 11.5. The number of fused-ring (bicyclic) bond motifs is 5. The van der Waals surface area contributed by atoms with Gasteiger partial charge in [0.2, 0.25) is 0 Å². The highest BCUT2D eigenvalue weighted by molar-refractivity contribution is 5.92. The van der Waals surface area contributed by atoms with Crippen molar-refractivity contribution in [2.45, 2.75) is 90.8 Å². The van der Waals surface area contributed by atoms with Crippen molar-refractivity contribution in [3.8, 4) is 0 Å². The summed E-state index contributed by atoms with van der Waals surface area (Å²) in [7, 11) is 0. The topological polar surface area (TPSA) is 115 Å². The third-order valence-electron chi connectivity index (χ3n) is 10.7. The molecule has 6 heteroatoms. The molecule has 4 rings (SSSR count). The molecule has 4 fully saturated rings. The second-order valence-corrected chi connectivity index (χ2v) is 11.8. The van der Waals surface area contributed by atoms with E-state index < -0.39 is 24.0 Å². The zero-order valence-corrected chi connectivity index (χ0v) is 19.2. The van der Waals surface area contributed by atoms with Gasteiger partial charge in [-0.3, -0.25) is 9.59 Å². The minimum Gasteiger partial charge on any atom is -0.481 e. The molecule has 0 aromatic carbocycles. The van der Waals surface area contributed by atoms with Crippen molar-refractivity contribution < 1.29 is 30.0 Å². The Balaban J connectivity index is 1.56. The van der Waals surface area contributed by atoms with E-state index in [1.165, 1.54) is 0 Å². The third-order valence-corrected chi connectivity index (χ3v) is 10.7.